The number of amidine groups is 1. The zero-order valence-electron chi connectivity index (χ0n) is 9.18. The molecule has 7 nitrogen and oxygen atoms in total. The number of nitro groups is 1. The number of hydroxylamine groups is 2. The Hall–Kier alpha value is -2.88. The van der Waals surface area contributed by atoms with Gasteiger partial charge < -0.3 is 15.0 Å². The van der Waals surface area contributed by atoms with Crippen LogP contribution in [0.2, 0.25) is 0 Å². The van der Waals surface area contributed by atoms with Gasteiger partial charge >= 0.3 is 5.84 Å². The lowest BCUT2D eigenvalue weighted by Gasteiger charge is -2.17. The van der Waals surface area contributed by atoms with E-state index in [0.717, 1.165) is 0 Å². The molecule has 0 aromatic heterocycles. The van der Waals surface area contributed by atoms with Crippen LogP contribution < -0.4 is 4.84 Å². The summed E-state index contributed by atoms with van der Waals surface area (Å²) in [6, 6.07) is 8.51. The predicted octanol–water partition coefficient (Wildman–Crippen LogP) is 1.31. The number of nitriles is 1. The van der Waals surface area contributed by atoms with Gasteiger partial charge in [-0.2, -0.15) is 10.3 Å². The Morgan fingerprint density at radius 2 is 2.17 bits per heavy atom. The first-order valence-electron chi connectivity index (χ1n) is 5.01. The first-order valence-corrected chi connectivity index (χ1v) is 5.01. The van der Waals surface area contributed by atoms with Gasteiger partial charge in [0.25, 0.3) is 0 Å². The molecule has 0 bridgehead atoms. The molecule has 2 rings (SSSR count). The fourth-order valence-electron chi connectivity index (χ4n) is 1.30. The first kappa shape index (κ1) is 11.6. The minimum Gasteiger partial charge on any atom is -0.376 e. The molecule has 0 atom stereocenters. The van der Waals surface area contributed by atoms with Crippen molar-refractivity contribution in [3.63, 3.8) is 0 Å². The molecule has 0 amide bonds. The summed E-state index contributed by atoms with van der Waals surface area (Å²) in [7, 11) is 0. The highest BCUT2D eigenvalue weighted by Gasteiger charge is 2.16. The van der Waals surface area contributed by atoms with Gasteiger partial charge in [0.15, 0.2) is 5.75 Å². The lowest BCUT2D eigenvalue weighted by Crippen LogP contribution is -2.27. The molecule has 1 aliphatic rings. The Balaban J connectivity index is 1.98. The van der Waals surface area contributed by atoms with E-state index >= 15 is 0 Å². The standard InChI is InChI=1S/C11H8N4O3/c12-7-9-1-3-10(4-2-9)18-14-6-5-11(13-8-14)15(16)17/h1-6H,8H2. The van der Waals surface area contributed by atoms with E-state index in [1.807, 2.05) is 6.07 Å². The van der Waals surface area contributed by atoms with Crippen LogP contribution in [0.5, 0.6) is 5.75 Å². The van der Waals surface area contributed by atoms with Crippen molar-refractivity contribution >= 4 is 5.84 Å². The topological polar surface area (TPSA) is 91.8 Å². The van der Waals surface area contributed by atoms with E-state index in [1.54, 1.807) is 24.3 Å². The van der Waals surface area contributed by atoms with Gasteiger partial charge in [-0.1, -0.05) is 4.99 Å². The van der Waals surface area contributed by atoms with Crippen molar-refractivity contribution in [1.82, 2.24) is 5.06 Å². The molecule has 7 heteroatoms. The molecule has 0 saturated heterocycles. The zero-order valence-corrected chi connectivity index (χ0v) is 9.18. The third-order valence-electron chi connectivity index (χ3n) is 2.16. The van der Waals surface area contributed by atoms with Gasteiger partial charge in [0.05, 0.1) is 23.9 Å². The Morgan fingerprint density at radius 3 is 2.67 bits per heavy atom. The van der Waals surface area contributed by atoms with Gasteiger partial charge in [-0.3, -0.25) is 0 Å². The molecule has 1 aromatic rings. The van der Waals surface area contributed by atoms with Gasteiger partial charge in [0.2, 0.25) is 6.67 Å². The van der Waals surface area contributed by atoms with E-state index in [-0.39, 0.29) is 12.5 Å². The lowest BCUT2D eigenvalue weighted by atomic mass is 10.2. The van der Waals surface area contributed by atoms with Crippen molar-refractivity contribution in [3.8, 4) is 11.8 Å². The van der Waals surface area contributed by atoms with Crippen molar-refractivity contribution in [1.29, 1.82) is 5.26 Å². The van der Waals surface area contributed by atoms with Gasteiger partial charge in [-0.15, -0.1) is 0 Å². The van der Waals surface area contributed by atoms with Crippen LogP contribution in [0, 0.1) is 21.4 Å². The maximum absolute atomic E-state index is 10.4. The zero-order chi connectivity index (χ0) is 13.0. The molecule has 0 aliphatic carbocycles. The Bertz CT molecular complexity index is 557. The second-order valence-corrected chi connectivity index (χ2v) is 3.38. The van der Waals surface area contributed by atoms with Crippen molar-refractivity contribution in [2.75, 3.05) is 6.67 Å². The lowest BCUT2D eigenvalue weighted by molar-refractivity contribution is -0.349. The van der Waals surface area contributed by atoms with Crippen LogP contribution in [0.15, 0.2) is 41.5 Å². The SMILES string of the molecule is N#Cc1ccc(ON2C=CC([N+](=O)[O-])=NC2)cc1. The summed E-state index contributed by atoms with van der Waals surface area (Å²) in [4.78, 5) is 19.0. The molecular weight excluding hydrogens is 236 g/mol. The van der Waals surface area contributed by atoms with Crippen molar-refractivity contribution < 1.29 is 9.76 Å². The van der Waals surface area contributed by atoms with E-state index in [9.17, 15) is 10.1 Å². The van der Waals surface area contributed by atoms with Crippen LogP contribution in [-0.2, 0) is 0 Å². The van der Waals surface area contributed by atoms with E-state index in [4.69, 9.17) is 10.1 Å². The van der Waals surface area contributed by atoms with Gasteiger partial charge in [-0.25, -0.2) is 0 Å². The Kier molecular flexibility index (Phi) is 3.20. The van der Waals surface area contributed by atoms with E-state index in [0.29, 0.717) is 11.3 Å². The van der Waals surface area contributed by atoms with Crippen LogP contribution in [0.4, 0.5) is 0 Å². The normalized spacial score (nSPS) is 13.7. The molecular formula is C11H8N4O3. The smallest absolute Gasteiger partial charge is 0.361 e. The van der Waals surface area contributed by atoms with Crippen LogP contribution in [0.1, 0.15) is 5.56 Å². The fourth-order valence-corrected chi connectivity index (χ4v) is 1.30. The molecule has 0 saturated carbocycles. The van der Waals surface area contributed by atoms with Gasteiger partial charge in [-0.05, 0) is 29.2 Å². The van der Waals surface area contributed by atoms with E-state index < -0.39 is 4.92 Å². The summed E-state index contributed by atoms with van der Waals surface area (Å²) >= 11 is 0. The maximum atomic E-state index is 10.4. The van der Waals surface area contributed by atoms with Crippen LogP contribution in [-0.4, -0.2) is 22.5 Å². The molecule has 1 aliphatic heterocycles. The summed E-state index contributed by atoms with van der Waals surface area (Å²) in [5, 5.41) is 20.4. The first-order chi connectivity index (χ1) is 8.69. The Labute approximate surface area is 102 Å². The molecule has 0 N–H and O–H groups in total. The molecule has 0 fully saturated rings. The molecule has 90 valence electrons. The summed E-state index contributed by atoms with van der Waals surface area (Å²) in [6.07, 6.45) is 2.69. The number of benzene rings is 1. The molecule has 18 heavy (non-hydrogen) atoms. The van der Waals surface area contributed by atoms with Crippen molar-refractivity contribution in [2.45, 2.75) is 0 Å². The van der Waals surface area contributed by atoms with Crippen LogP contribution in [0.25, 0.3) is 0 Å². The summed E-state index contributed by atoms with van der Waals surface area (Å²) < 4.78 is 0. The summed E-state index contributed by atoms with van der Waals surface area (Å²) in [6.45, 7) is 0.0484. The van der Waals surface area contributed by atoms with Gasteiger partial charge in [0.1, 0.15) is 0 Å². The molecule has 0 unspecified atom stereocenters. The van der Waals surface area contributed by atoms with Crippen molar-refractivity contribution in [2.24, 2.45) is 4.99 Å². The largest absolute Gasteiger partial charge is 0.376 e. The average molecular weight is 244 g/mol. The number of hydrogen-bond acceptors (Lipinski definition) is 6. The molecule has 1 aromatic carbocycles. The quantitative estimate of drug-likeness (QED) is 0.577. The third kappa shape index (κ3) is 2.62. The fraction of sp³-hybridized carbons (Fsp3) is 0.0909. The summed E-state index contributed by atoms with van der Waals surface area (Å²) in [5.41, 5.74) is 0.533. The number of aliphatic imine (C=N–C) groups is 1. The van der Waals surface area contributed by atoms with E-state index in [1.165, 1.54) is 17.3 Å². The van der Waals surface area contributed by atoms with Crippen molar-refractivity contribution in [3.05, 3.63) is 52.2 Å². The number of rotatable bonds is 2. The second kappa shape index (κ2) is 4.97. The molecule has 1 heterocycles. The monoisotopic (exact) mass is 244 g/mol. The predicted molar refractivity (Wildman–Crippen MR) is 62.1 cm³/mol. The minimum absolute atomic E-state index is 0.0484. The maximum Gasteiger partial charge on any atom is 0.361 e. The van der Waals surface area contributed by atoms with Crippen LogP contribution >= 0.6 is 0 Å². The average Bonchev–Trinajstić information content (AvgIpc) is 2.40. The number of hydrogen-bond donors (Lipinski definition) is 0. The van der Waals surface area contributed by atoms with E-state index in [2.05, 4.69) is 4.99 Å². The minimum atomic E-state index is -0.560. The van der Waals surface area contributed by atoms with Crippen LogP contribution in [0.3, 0.4) is 0 Å². The molecule has 0 spiro atoms. The number of nitrogens with zero attached hydrogens (tertiary/aromatic N) is 4. The third-order valence-corrected chi connectivity index (χ3v) is 2.16. The highest BCUT2D eigenvalue weighted by Crippen LogP contribution is 2.14. The Morgan fingerprint density at radius 1 is 1.44 bits per heavy atom. The van der Waals surface area contributed by atoms with Gasteiger partial charge in [0, 0.05) is 0 Å². The summed E-state index contributed by atoms with van der Waals surface area (Å²) in [5.74, 6) is 0.327. The second-order valence-electron chi connectivity index (χ2n) is 3.38. The highest BCUT2D eigenvalue weighted by atomic mass is 16.7. The molecule has 0 radical (unpaired) electrons. The highest BCUT2D eigenvalue weighted by molar-refractivity contribution is 5.86.